The van der Waals surface area contributed by atoms with Crippen LogP contribution in [0.2, 0.25) is 0 Å². The van der Waals surface area contributed by atoms with Gasteiger partial charge in [0.05, 0.1) is 11.7 Å². The molecular weight excluding hydrogens is 251 g/mol. The Morgan fingerprint density at radius 1 is 1.57 bits per heavy atom. The first-order valence-electron chi connectivity index (χ1n) is 3.93. The van der Waals surface area contributed by atoms with E-state index in [-0.39, 0.29) is 11.3 Å². The molecule has 0 aliphatic heterocycles. The number of nitrogens with two attached hydrogens (primary N) is 1. The summed E-state index contributed by atoms with van der Waals surface area (Å²) >= 11 is 3.10. The van der Waals surface area contributed by atoms with E-state index >= 15 is 0 Å². The fourth-order valence-corrected chi connectivity index (χ4v) is 1.42. The van der Waals surface area contributed by atoms with Crippen molar-refractivity contribution in [3.8, 4) is 5.75 Å². The van der Waals surface area contributed by atoms with Gasteiger partial charge in [0, 0.05) is 5.33 Å². The van der Waals surface area contributed by atoms with E-state index in [0.29, 0.717) is 10.9 Å². The minimum absolute atomic E-state index is 0.0162. The number of hydrogen-bond donors (Lipinski definition) is 3. The summed E-state index contributed by atoms with van der Waals surface area (Å²) in [6.45, 7) is 0. The van der Waals surface area contributed by atoms with E-state index in [1.165, 1.54) is 18.2 Å². The topological polar surface area (TPSA) is 83.6 Å². The molecular formula is C9H10BrNO3. The molecule has 0 spiro atoms. The number of amides is 1. The highest BCUT2D eigenvalue weighted by molar-refractivity contribution is 9.09. The number of primary amides is 1. The van der Waals surface area contributed by atoms with Gasteiger partial charge in [-0.3, -0.25) is 4.79 Å². The molecule has 0 radical (unpaired) electrons. The Kier molecular flexibility index (Phi) is 3.49. The molecule has 0 heterocycles. The number of hydrogen-bond acceptors (Lipinski definition) is 3. The van der Waals surface area contributed by atoms with Crippen molar-refractivity contribution in [1.82, 2.24) is 0 Å². The molecule has 76 valence electrons. The molecule has 14 heavy (non-hydrogen) atoms. The summed E-state index contributed by atoms with van der Waals surface area (Å²) in [4.78, 5) is 10.9. The number of alkyl halides is 1. The van der Waals surface area contributed by atoms with Gasteiger partial charge in [0.2, 0.25) is 0 Å². The third-order valence-electron chi connectivity index (χ3n) is 1.82. The van der Waals surface area contributed by atoms with Crippen LogP contribution in [0.3, 0.4) is 0 Å². The number of aliphatic hydroxyl groups is 1. The summed E-state index contributed by atoms with van der Waals surface area (Å²) in [6.07, 6.45) is -0.714. The second kappa shape index (κ2) is 4.43. The Morgan fingerprint density at radius 2 is 2.21 bits per heavy atom. The maximum atomic E-state index is 10.9. The molecule has 1 unspecified atom stereocenters. The molecule has 0 bridgehead atoms. The summed E-state index contributed by atoms with van der Waals surface area (Å²) in [5.41, 5.74) is 5.58. The molecule has 1 aromatic rings. The van der Waals surface area contributed by atoms with E-state index in [2.05, 4.69) is 15.9 Å². The lowest BCUT2D eigenvalue weighted by molar-refractivity contribution is 0.0997. The number of carbonyl (C=O) groups is 1. The van der Waals surface area contributed by atoms with Crippen molar-refractivity contribution in [3.05, 3.63) is 29.3 Å². The Morgan fingerprint density at radius 3 is 2.71 bits per heavy atom. The molecule has 0 fully saturated rings. The van der Waals surface area contributed by atoms with Gasteiger partial charge in [-0.05, 0) is 17.7 Å². The van der Waals surface area contributed by atoms with Gasteiger partial charge < -0.3 is 15.9 Å². The van der Waals surface area contributed by atoms with E-state index in [4.69, 9.17) is 5.73 Å². The second-order valence-corrected chi connectivity index (χ2v) is 3.46. The quantitative estimate of drug-likeness (QED) is 0.558. The minimum Gasteiger partial charge on any atom is -0.507 e. The number of carbonyl (C=O) groups excluding carboxylic acids is 1. The van der Waals surface area contributed by atoms with Gasteiger partial charge in [0.25, 0.3) is 5.91 Å². The zero-order valence-electron chi connectivity index (χ0n) is 7.27. The van der Waals surface area contributed by atoms with Gasteiger partial charge in [-0.25, -0.2) is 0 Å². The SMILES string of the molecule is N[13C](=O)c1cc(C(O)CBr)ccc1O. The number of aliphatic hydroxyl groups excluding tert-OH is 1. The van der Waals surface area contributed by atoms with Gasteiger partial charge in [-0.1, -0.05) is 22.0 Å². The number of phenols is 1. The molecule has 0 aliphatic rings. The van der Waals surface area contributed by atoms with Crippen molar-refractivity contribution in [2.45, 2.75) is 6.10 Å². The molecule has 1 aromatic carbocycles. The van der Waals surface area contributed by atoms with Gasteiger partial charge >= 0.3 is 0 Å². The molecule has 4 N–H and O–H groups in total. The first kappa shape index (κ1) is 11.0. The lowest BCUT2D eigenvalue weighted by Gasteiger charge is -2.09. The van der Waals surface area contributed by atoms with Crippen molar-refractivity contribution in [2.75, 3.05) is 5.33 Å². The van der Waals surface area contributed by atoms with Crippen LogP contribution in [0.1, 0.15) is 22.0 Å². The van der Waals surface area contributed by atoms with Crippen LogP contribution in [-0.2, 0) is 0 Å². The van der Waals surface area contributed by atoms with Gasteiger partial charge in [0.1, 0.15) is 5.75 Å². The van der Waals surface area contributed by atoms with Crippen LogP contribution in [0, 0.1) is 0 Å². The van der Waals surface area contributed by atoms with Crippen LogP contribution in [0.5, 0.6) is 5.75 Å². The standard InChI is InChI=1S/C9H10BrNO3/c10-4-8(13)5-1-2-7(12)6(3-5)9(11)14/h1-3,8,12-13H,4H2,(H2,11,14)/i9+1. The Bertz CT molecular complexity index is 354. The maximum Gasteiger partial charge on any atom is 0.252 e. The summed E-state index contributed by atoms with van der Waals surface area (Å²) in [7, 11) is 0. The molecule has 5 heteroatoms. The summed E-state index contributed by atoms with van der Waals surface area (Å²) in [5.74, 6) is -0.894. The van der Waals surface area contributed by atoms with Crippen LogP contribution in [-0.4, -0.2) is 21.5 Å². The average molecular weight is 261 g/mol. The van der Waals surface area contributed by atoms with Crippen LogP contribution < -0.4 is 5.73 Å². The molecule has 0 aliphatic carbocycles. The average Bonchev–Trinajstić information content (AvgIpc) is 2.17. The summed E-state index contributed by atoms with van der Waals surface area (Å²) < 4.78 is 0. The van der Waals surface area contributed by atoms with Crippen molar-refractivity contribution < 1.29 is 15.0 Å². The van der Waals surface area contributed by atoms with E-state index < -0.39 is 12.0 Å². The Labute approximate surface area is 89.5 Å². The minimum atomic E-state index is -0.717. The number of benzene rings is 1. The van der Waals surface area contributed by atoms with Crippen LogP contribution in [0.25, 0.3) is 0 Å². The first-order chi connectivity index (χ1) is 6.56. The van der Waals surface area contributed by atoms with Crippen LogP contribution in [0.4, 0.5) is 0 Å². The molecule has 0 saturated heterocycles. The number of halogens is 1. The molecule has 0 aromatic heterocycles. The maximum absolute atomic E-state index is 10.9. The third kappa shape index (κ3) is 2.24. The largest absolute Gasteiger partial charge is 0.507 e. The van der Waals surface area contributed by atoms with Crippen molar-refractivity contribution in [2.24, 2.45) is 5.73 Å². The fourth-order valence-electron chi connectivity index (χ4n) is 1.05. The van der Waals surface area contributed by atoms with Crippen molar-refractivity contribution in [3.63, 3.8) is 0 Å². The van der Waals surface area contributed by atoms with Crippen molar-refractivity contribution in [1.29, 1.82) is 0 Å². The van der Waals surface area contributed by atoms with Crippen LogP contribution >= 0.6 is 15.9 Å². The van der Waals surface area contributed by atoms with Crippen LogP contribution in [0.15, 0.2) is 18.2 Å². The lowest BCUT2D eigenvalue weighted by Crippen LogP contribution is -2.12. The Hall–Kier alpha value is -1.07. The zero-order valence-corrected chi connectivity index (χ0v) is 8.86. The highest BCUT2D eigenvalue weighted by atomic mass is 79.9. The second-order valence-electron chi connectivity index (χ2n) is 2.81. The normalized spacial score (nSPS) is 12.4. The van der Waals surface area contributed by atoms with E-state index in [9.17, 15) is 15.0 Å². The highest BCUT2D eigenvalue weighted by Crippen LogP contribution is 2.22. The first-order valence-corrected chi connectivity index (χ1v) is 5.05. The summed E-state index contributed by atoms with van der Waals surface area (Å²) in [5, 5.41) is 19.1. The Balaban J connectivity index is 3.12. The monoisotopic (exact) mass is 260 g/mol. The lowest BCUT2D eigenvalue weighted by atomic mass is 10.1. The smallest absolute Gasteiger partial charge is 0.252 e. The number of rotatable bonds is 3. The van der Waals surface area contributed by atoms with Gasteiger partial charge in [-0.15, -0.1) is 0 Å². The molecule has 1 rings (SSSR count). The molecule has 4 nitrogen and oxygen atoms in total. The predicted molar refractivity (Wildman–Crippen MR) is 55.4 cm³/mol. The highest BCUT2D eigenvalue weighted by Gasteiger charge is 2.12. The van der Waals surface area contributed by atoms with E-state index in [0.717, 1.165) is 0 Å². The zero-order chi connectivity index (χ0) is 10.7. The van der Waals surface area contributed by atoms with Gasteiger partial charge in [0.15, 0.2) is 0 Å². The molecule has 1 atom stereocenters. The van der Waals surface area contributed by atoms with Gasteiger partial charge in [-0.2, -0.15) is 0 Å². The third-order valence-corrected chi connectivity index (χ3v) is 2.43. The van der Waals surface area contributed by atoms with E-state index in [1.54, 1.807) is 0 Å². The molecule has 0 saturated carbocycles. The van der Waals surface area contributed by atoms with Crippen molar-refractivity contribution >= 4 is 21.8 Å². The molecule has 1 amide bonds. The predicted octanol–water partition coefficient (Wildman–Crippen LogP) is 0.919. The van der Waals surface area contributed by atoms with E-state index in [1.807, 2.05) is 0 Å². The fraction of sp³-hybridized carbons (Fsp3) is 0.222. The number of aromatic hydroxyl groups is 1. The summed E-state index contributed by atoms with van der Waals surface area (Å²) in [6, 6.07) is 4.25.